The highest BCUT2D eigenvalue weighted by molar-refractivity contribution is 5.85. The fourth-order valence-corrected chi connectivity index (χ4v) is 5.76. The maximum absolute atomic E-state index is 12.8. The summed E-state index contributed by atoms with van der Waals surface area (Å²) < 4.78 is 0. The van der Waals surface area contributed by atoms with Crippen LogP contribution in [-0.2, 0) is 9.59 Å². The van der Waals surface area contributed by atoms with Gasteiger partial charge in [-0.15, -0.1) is 0 Å². The van der Waals surface area contributed by atoms with E-state index in [0.717, 1.165) is 25.7 Å². The summed E-state index contributed by atoms with van der Waals surface area (Å²) in [7, 11) is 0. The summed E-state index contributed by atoms with van der Waals surface area (Å²) in [6, 6.07) is -0.330. The van der Waals surface area contributed by atoms with Gasteiger partial charge in [0.2, 0.25) is 5.91 Å². The Morgan fingerprint density at radius 2 is 0.911 bits per heavy atom. The number of carbonyl (C=O) groups excluding carboxylic acids is 2. The molecule has 1 unspecified atom stereocenters. The van der Waals surface area contributed by atoms with Gasteiger partial charge in [-0.1, -0.05) is 141 Å². The van der Waals surface area contributed by atoms with E-state index in [-0.39, 0.29) is 17.7 Å². The number of unbranched alkanes of at least 4 members (excludes halogenated alkanes) is 22. The third-order valence-corrected chi connectivity index (χ3v) is 8.78. The van der Waals surface area contributed by atoms with Gasteiger partial charge in [0.25, 0.3) is 0 Å². The molecule has 45 heavy (non-hydrogen) atoms. The van der Waals surface area contributed by atoms with Gasteiger partial charge in [-0.25, -0.2) is 0 Å². The van der Waals surface area contributed by atoms with Crippen LogP contribution < -0.4 is 16.4 Å². The summed E-state index contributed by atoms with van der Waals surface area (Å²) in [4.78, 5) is 25.2. The van der Waals surface area contributed by atoms with Gasteiger partial charge in [0.15, 0.2) is 5.78 Å². The first-order valence-corrected chi connectivity index (χ1v) is 19.7. The molecule has 264 valence electrons. The molecule has 1 amide bonds. The van der Waals surface area contributed by atoms with Crippen molar-refractivity contribution in [3.05, 3.63) is 24.3 Å². The summed E-state index contributed by atoms with van der Waals surface area (Å²) in [6.45, 7) is 5.98. The zero-order valence-corrected chi connectivity index (χ0v) is 30.2. The Labute approximate surface area is 280 Å². The number of amides is 1. The first-order valence-electron chi connectivity index (χ1n) is 19.7. The topological polar surface area (TPSA) is 84.2 Å². The predicted molar refractivity (Wildman–Crippen MR) is 198 cm³/mol. The second kappa shape index (κ2) is 37.0. The van der Waals surface area contributed by atoms with Crippen molar-refractivity contribution in [3.63, 3.8) is 0 Å². The van der Waals surface area contributed by atoms with Gasteiger partial charge in [-0.2, -0.15) is 0 Å². The molecule has 0 radical (unpaired) electrons. The van der Waals surface area contributed by atoms with Crippen molar-refractivity contribution < 1.29 is 9.59 Å². The van der Waals surface area contributed by atoms with Crippen molar-refractivity contribution >= 4 is 11.7 Å². The Kier molecular flexibility index (Phi) is 35.8. The van der Waals surface area contributed by atoms with Crippen LogP contribution in [-0.4, -0.2) is 37.4 Å². The molecule has 4 N–H and O–H groups in total. The fourth-order valence-electron chi connectivity index (χ4n) is 5.76. The maximum atomic E-state index is 12.8. The fraction of sp³-hybridized carbons (Fsp3) is 0.850. The van der Waals surface area contributed by atoms with Crippen LogP contribution in [0, 0.1) is 0 Å². The number of hydrogen-bond donors (Lipinski definition) is 3. The summed E-state index contributed by atoms with van der Waals surface area (Å²) >= 11 is 0. The molecule has 0 bridgehead atoms. The standard InChI is InChI=1S/C40H77N3O2/c1-3-5-7-9-11-13-15-17-19-21-23-25-27-29-31-33-39(44)38(42-36-35-41)37-43-40(45)34-32-30-28-26-24-22-20-18-16-14-12-10-8-6-4-2/h17-20,38,42H,3-16,21-37,41H2,1-2H3,(H,43,45). The smallest absolute Gasteiger partial charge is 0.220 e. The maximum Gasteiger partial charge on any atom is 0.220 e. The molecule has 0 spiro atoms. The molecule has 0 aromatic carbocycles. The first-order chi connectivity index (χ1) is 22.2. The molecule has 0 heterocycles. The SMILES string of the molecule is CCCCCCCCC=CCCCCCCCC(=O)NCC(NCCN)C(=O)CCCCCCCC=CCCCCCCCC. The summed E-state index contributed by atoms with van der Waals surface area (Å²) in [6.07, 6.45) is 43.1. The molecular formula is C40H77N3O2. The van der Waals surface area contributed by atoms with Crippen molar-refractivity contribution in [1.82, 2.24) is 10.6 Å². The molecule has 1 atom stereocenters. The van der Waals surface area contributed by atoms with Crippen LogP contribution in [0.2, 0.25) is 0 Å². The quantitative estimate of drug-likeness (QED) is 0.0474. The monoisotopic (exact) mass is 632 g/mol. The number of hydrogen-bond acceptors (Lipinski definition) is 4. The van der Waals surface area contributed by atoms with Crippen LogP contribution in [0.5, 0.6) is 0 Å². The molecule has 0 aromatic heterocycles. The molecule has 0 aliphatic heterocycles. The van der Waals surface area contributed by atoms with Crippen LogP contribution in [0.1, 0.15) is 194 Å². The number of nitrogens with two attached hydrogens (primary N) is 1. The van der Waals surface area contributed by atoms with E-state index in [9.17, 15) is 9.59 Å². The van der Waals surface area contributed by atoms with Crippen LogP contribution in [0.3, 0.4) is 0 Å². The zero-order chi connectivity index (χ0) is 32.9. The Morgan fingerprint density at radius 1 is 0.533 bits per heavy atom. The number of rotatable bonds is 36. The third kappa shape index (κ3) is 33.7. The van der Waals surface area contributed by atoms with Crippen molar-refractivity contribution in [3.8, 4) is 0 Å². The molecule has 0 fully saturated rings. The van der Waals surface area contributed by atoms with Crippen LogP contribution in [0.4, 0.5) is 0 Å². The van der Waals surface area contributed by atoms with Gasteiger partial charge in [0, 0.05) is 32.5 Å². The highest BCUT2D eigenvalue weighted by atomic mass is 16.2. The van der Waals surface area contributed by atoms with E-state index in [1.54, 1.807) is 0 Å². The second-order valence-corrected chi connectivity index (χ2v) is 13.2. The minimum Gasteiger partial charge on any atom is -0.354 e. The minimum absolute atomic E-state index is 0.0565. The lowest BCUT2D eigenvalue weighted by atomic mass is 10.0. The first kappa shape index (κ1) is 43.5. The second-order valence-electron chi connectivity index (χ2n) is 13.2. The van der Waals surface area contributed by atoms with Gasteiger partial charge in [-0.05, 0) is 64.2 Å². The summed E-state index contributed by atoms with van der Waals surface area (Å²) in [5.41, 5.74) is 5.67. The normalized spacial score (nSPS) is 12.4. The van der Waals surface area contributed by atoms with Gasteiger partial charge >= 0.3 is 0 Å². The predicted octanol–water partition coefficient (Wildman–Crippen LogP) is 10.7. The molecule has 5 heteroatoms. The van der Waals surface area contributed by atoms with Crippen molar-refractivity contribution in [2.24, 2.45) is 5.73 Å². The van der Waals surface area contributed by atoms with E-state index in [1.807, 2.05) is 0 Å². The van der Waals surface area contributed by atoms with Gasteiger partial charge in [0.05, 0.1) is 6.04 Å². The Bertz CT molecular complexity index is 691. The molecule has 0 saturated heterocycles. The summed E-state index contributed by atoms with van der Waals surface area (Å²) in [5, 5.41) is 6.24. The average Bonchev–Trinajstić information content (AvgIpc) is 3.04. The molecule has 5 nitrogen and oxygen atoms in total. The average molecular weight is 632 g/mol. The van der Waals surface area contributed by atoms with Gasteiger partial charge in [-0.3, -0.25) is 9.59 Å². The van der Waals surface area contributed by atoms with Crippen molar-refractivity contribution in [2.75, 3.05) is 19.6 Å². The van der Waals surface area contributed by atoms with Crippen molar-refractivity contribution in [2.45, 2.75) is 200 Å². The van der Waals surface area contributed by atoms with E-state index in [2.05, 4.69) is 48.8 Å². The van der Waals surface area contributed by atoms with Crippen LogP contribution in [0.15, 0.2) is 24.3 Å². The molecule has 0 saturated carbocycles. The number of allylic oxidation sites excluding steroid dienone is 4. The minimum atomic E-state index is -0.330. The largest absolute Gasteiger partial charge is 0.354 e. The molecular weight excluding hydrogens is 554 g/mol. The van der Waals surface area contributed by atoms with E-state index >= 15 is 0 Å². The zero-order valence-electron chi connectivity index (χ0n) is 30.2. The lowest BCUT2D eigenvalue weighted by molar-refractivity contribution is -0.122. The molecule has 0 rings (SSSR count). The van der Waals surface area contributed by atoms with E-state index in [0.29, 0.717) is 32.5 Å². The van der Waals surface area contributed by atoms with Crippen molar-refractivity contribution in [1.29, 1.82) is 0 Å². The van der Waals surface area contributed by atoms with E-state index < -0.39 is 0 Å². The molecule has 0 aromatic rings. The third-order valence-electron chi connectivity index (χ3n) is 8.78. The lowest BCUT2D eigenvalue weighted by Gasteiger charge is -2.18. The molecule has 0 aliphatic rings. The van der Waals surface area contributed by atoms with Crippen LogP contribution in [0.25, 0.3) is 0 Å². The summed E-state index contributed by atoms with van der Waals surface area (Å²) in [5.74, 6) is 0.253. The van der Waals surface area contributed by atoms with Gasteiger partial charge in [0.1, 0.15) is 0 Å². The molecule has 0 aliphatic carbocycles. The van der Waals surface area contributed by atoms with Gasteiger partial charge < -0.3 is 16.4 Å². The highest BCUT2D eigenvalue weighted by Crippen LogP contribution is 2.12. The lowest BCUT2D eigenvalue weighted by Crippen LogP contribution is -2.47. The van der Waals surface area contributed by atoms with E-state index in [1.165, 1.54) is 141 Å². The number of Topliss-reactive ketones (excluding diaryl/α,β-unsaturated/α-hetero) is 1. The highest BCUT2D eigenvalue weighted by Gasteiger charge is 2.18. The number of nitrogens with one attached hydrogen (secondary N) is 2. The van der Waals surface area contributed by atoms with Crippen LogP contribution >= 0.6 is 0 Å². The van der Waals surface area contributed by atoms with E-state index in [4.69, 9.17) is 5.73 Å². The number of ketones is 1. The Balaban J connectivity index is 3.79. The Hall–Kier alpha value is -1.46. The Morgan fingerprint density at radius 3 is 1.33 bits per heavy atom. The number of carbonyl (C=O) groups is 2.